The molecule has 0 bridgehead atoms. The first-order chi connectivity index (χ1) is 12.6. The van der Waals surface area contributed by atoms with Crippen LogP contribution in [0.4, 0.5) is 5.69 Å². The summed E-state index contributed by atoms with van der Waals surface area (Å²) in [4.78, 5) is 24.4. The van der Waals surface area contributed by atoms with Crippen molar-refractivity contribution in [1.82, 2.24) is 0 Å². The molecule has 0 aromatic heterocycles. The molecule has 0 aliphatic carbocycles. The summed E-state index contributed by atoms with van der Waals surface area (Å²) in [6, 6.07) is 10.7. The Kier molecular flexibility index (Phi) is 6.19. The predicted octanol–water partition coefficient (Wildman–Crippen LogP) is 1.84. The highest BCUT2D eigenvalue weighted by molar-refractivity contribution is 7.89. The summed E-state index contributed by atoms with van der Waals surface area (Å²) >= 11 is 0. The minimum absolute atomic E-state index is 0.0960. The number of carbonyl (C=O) groups excluding carboxylic acids is 2. The van der Waals surface area contributed by atoms with Crippen molar-refractivity contribution >= 4 is 27.6 Å². The number of benzene rings is 2. The van der Waals surface area contributed by atoms with E-state index in [1.165, 1.54) is 26.2 Å². The average molecular weight is 392 g/mol. The first-order valence-electron chi connectivity index (χ1n) is 7.91. The molecule has 3 N–H and O–H groups in total. The van der Waals surface area contributed by atoms with Gasteiger partial charge in [-0.2, -0.15) is 0 Å². The number of primary sulfonamides is 1. The first kappa shape index (κ1) is 20.4. The number of esters is 1. The van der Waals surface area contributed by atoms with Crippen molar-refractivity contribution in [3.8, 4) is 5.75 Å². The zero-order chi connectivity index (χ0) is 20.2. The van der Waals surface area contributed by atoms with Gasteiger partial charge < -0.3 is 14.8 Å². The molecule has 0 heterocycles. The van der Waals surface area contributed by atoms with Crippen LogP contribution in [0.25, 0.3) is 0 Å². The molecule has 9 heteroatoms. The van der Waals surface area contributed by atoms with Gasteiger partial charge in [0.15, 0.2) is 6.10 Å². The number of hydrogen-bond donors (Lipinski definition) is 2. The molecule has 8 nitrogen and oxygen atoms in total. The van der Waals surface area contributed by atoms with Crippen molar-refractivity contribution in [2.45, 2.75) is 24.8 Å². The molecule has 1 amide bonds. The lowest BCUT2D eigenvalue weighted by atomic mass is 10.2. The maximum Gasteiger partial charge on any atom is 0.342 e. The lowest BCUT2D eigenvalue weighted by Crippen LogP contribution is -2.30. The van der Waals surface area contributed by atoms with Gasteiger partial charge in [0.1, 0.15) is 11.3 Å². The van der Waals surface area contributed by atoms with Crippen molar-refractivity contribution in [1.29, 1.82) is 0 Å². The number of methoxy groups -OCH3 is 1. The van der Waals surface area contributed by atoms with Gasteiger partial charge in [0, 0.05) is 5.69 Å². The smallest absolute Gasteiger partial charge is 0.342 e. The number of anilines is 1. The topological polar surface area (TPSA) is 125 Å². The van der Waals surface area contributed by atoms with Crippen LogP contribution < -0.4 is 15.2 Å². The molecular formula is C18H20N2O6S. The highest BCUT2D eigenvalue weighted by atomic mass is 32.2. The number of nitrogens with two attached hydrogens (primary N) is 1. The summed E-state index contributed by atoms with van der Waals surface area (Å²) in [6.07, 6.45) is -1.12. The van der Waals surface area contributed by atoms with Crippen LogP contribution in [0.1, 0.15) is 22.8 Å². The highest BCUT2D eigenvalue weighted by Gasteiger charge is 2.23. The lowest BCUT2D eigenvalue weighted by molar-refractivity contribution is -0.123. The van der Waals surface area contributed by atoms with Crippen molar-refractivity contribution < 1.29 is 27.5 Å². The number of ether oxygens (including phenoxy) is 2. The second-order valence-corrected chi connectivity index (χ2v) is 7.37. The van der Waals surface area contributed by atoms with E-state index in [0.29, 0.717) is 5.69 Å². The Bertz CT molecular complexity index is 972. The number of hydrogen-bond acceptors (Lipinski definition) is 6. The normalized spacial score (nSPS) is 12.1. The Morgan fingerprint density at radius 1 is 1.15 bits per heavy atom. The van der Waals surface area contributed by atoms with Crippen LogP contribution in [0, 0.1) is 6.92 Å². The number of rotatable bonds is 6. The van der Waals surface area contributed by atoms with Gasteiger partial charge in [-0.1, -0.05) is 12.1 Å². The van der Waals surface area contributed by atoms with Gasteiger partial charge in [0.05, 0.1) is 12.0 Å². The van der Waals surface area contributed by atoms with E-state index in [4.69, 9.17) is 14.6 Å². The van der Waals surface area contributed by atoms with Gasteiger partial charge in [-0.15, -0.1) is 0 Å². The minimum atomic E-state index is -4.02. The van der Waals surface area contributed by atoms with Gasteiger partial charge in [-0.05, 0) is 49.7 Å². The van der Waals surface area contributed by atoms with Crippen molar-refractivity contribution in [2.24, 2.45) is 5.14 Å². The van der Waals surface area contributed by atoms with E-state index in [9.17, 15) is 18.0 Å². The molecule has 0 radical (unpaired) electrons. The van der Waals surface area contributed by atoms with Gasteiger partial charge >= 0.3 is 5.97 Å². The molecule has 0 aliphatic heterocycles. The summed E-state index contributed by atoms with van der Waals surface area (Å²) in [5.41, 5.74) is 1.37. The van der Waals surface area contributed by atoms with E-state index < -0.39 is 28.0 Å². The Hall–Kier alpha value is -2.91. The Balaban J connectivity index is 2.17. The zero-order valence-corrected chi connectivity index (χ0v) is 15.9. The fraction of sp³-hybridized carbons (Fsp3) is 0.222. The Labute approximate surface area is 157 Å². The third-order valence-electron chi connectivity index (χ3n) is 3.66. The van der Waals surface area contributed by atoms with Crippen LogP contribution in [0.15, 0.2) is 47.4 Å². The summed E-state index contributed by atoms with van der Waals surface area (Å²) < 4.78 is 33.2. The van der Waals surface area contributed by atoms with E-state index >= 15 is 0 Å². The highest BCUT2D eigenvalue weighted by Crippen LogP contribution is 2.23. The van der Waals surface area contributed by atoms with Crippen LogP contribution in [0.5, 0.6) is 5.75 Å². The minimum Gasteiger partial charge on any atom is -0.496 e. The SMILES string of the molecule is COc1ccc(S(N)(=O)=O)cc1C(=O)O[C@@H](C)C(=O)Nc1cccc(C)c1. The molecule has 2 rings (SSSR count). The number of nitrogens with one attached hydrogen (secondary N) is 1. The van der Waals surface area contributed by atoms with Crippen LogP contribution in [0.2, 0.25) is 0 Å². The second kappa shape index (κ2) is 8.19. The van der Waals surface area contributed by atoms with E-state index in [1.54, 1.807) is 18.2 Å². The van der Waals surface area contributed by atoms with Crippen LogP contribution >= 0.6 is 0 Å². The van der Waals surface area contributed by atoms with E-state index in [0.717, 1.165) is 11.6 Å². The molecule has 27 heavy (non-hydrogen) atoms. The molecule has 0 spiro atoms. The molecule has 0 unspecified atom stereocenters. The zero-order valence-electron chi connectivity index (χ0n) is 15.1. The van der Waals surface area contributed by atoms with Crippen LogP contribution in [0.3, 0.4) is 0 Å². The molecule has 2 aromatic carbocycles. The van der Waals surface area contributed by atoms with Crippen molar-refractivity contribution in [2.75, 3.05) is 12.4 Å². The molecule has 1 atom stereocenters. The van der Waals surface area contributed by atoms with Gasteiger partial charge in [-0.3, -0.25) is 4.79 Å². The Morgan fingerprint density at radius 2 is 1.85 bits per heavy atom. The predicted molar refractivity (Wildman–Crippen MR) is 99.1 cm³/mol. The molecule has 0 saturated heterocycles. The first-order valence-corrected chi connectivity index (χ1v) is 9.46. The van der Waals surface area contributed by atoms with Crippen molar-refractivity contribution in [3.63, 3.8) is 0 Å². The van der Waals surface area contributed by atoms with E-state index in [2.05, 4.69) is 5.32 Å². The molecule has 2 aromatic rings. The quantitative estimate of drug-likeness (QED) is 0.723. The standard InChI is InChI=1S/C18H20N2O6S/c1-11-5-4-6-13(9-11)20-17(21)12(2)26-18(22)15-10-14(27(19,23)24)7-8-16(15)25-3/h4-10,12H,1-3H3,(H,20,21)(H2,19,23,24)/t12-/m0/s1. The molecular weight excluding hydrogens is 372 g/mol. The summed E-state index contributed by atoms with van der Waals surface area (Å²) in [5, 5.41) is 7.72. The Morgan fingerprint density at radius 3 is 2.44 bits per heavy atom. The maximum atomic E-state index is 12.4. The number of amides is 1. The van der Waals surface area contributed by atoms with Gasteiger partial charge in [-0.25, -0.2) is 18.4 Å². The summed E-state index contributed by atoms with van der Waals surface area (Å²) in [7, 11) is -2.70. The molecule has 0 fully saturated rings. The third-order valence-corrected chi connectivity index (χ3v) is 4.57. The summed E-state index contributed by atoms with van der Waals surface area (Å²) in [5.74, 6) is -1.35. The molecule has 0 saturated carbocycles. The molecule has 0 aliphatic rings. The fourth-order valence-corrected chi connectivity index (χ4v) is 2.81. The number of sulfonamides is 1. The lowest BCUT2D eigenvalue weighted by Gasteiger charge is -2.15. The van der Waals surface area contributed by atoms with Crippen molar-refractivity contribution in [3.05, 3.63) is 53.6 Å². The van der Waals surface area contributed by atoms with Crippen LogP contribution in [-0.4, -0.2) is 33.5 Å². The maximum absolute atomic E-state index is 12.4. The van der Waals surface area contributed by atoms with Crippen LogP contribution in [-0.2, 0) is 19.6 Å². The monoisotopic (exact) mass is 392 g/mol. The van der Waals surface area contributed by atoms with E-state index in [-0.39, 0.29) is 16.2 Å². The number of carbonyl (C=O) groups is 2. The molecule has 144 valence electrons. The summed E-state index contributed by atoms with van der Waals surface area (Å²) in [6.45, 7) is 3.28. The largest absolute Gasteiger partial charge is 0.496 e. The van der Waals surface area contributed by atoms with Gasteiger partial charge in [0.25, 0.3) is 5.91 Å². The fourth-order valence-electron chi connectivity index (χ4n) is 2.27. The third kappa shape index (κ3) is 5.28. The van der Waals surface area contributed by atoms with E-state index in [1.807, 2.05) is 13.0 Å². The second-order valence-electron chi connectivity index (χ2n) is 5.81. The van der Waals surface area contributed by atoms with Gasteiger partial charge in [0.2, 0.25) is 10.0 Å². The number of aryl methyl sites for hydroxylation is 1. The average Bonchev–Trinajstić information content (AvgIpc) is 2.60.